The lowest BCUT2D eigenvalue weighted by Crippen LogP contribution is -2.39. The molecule has 1 aliphatic rings. The summed E-state index contributed by atoms with van der Waals surface area (Å²) in [7, 11) is 4.33. The standard InChI is InChI=1S/C15H22Br2N2/c1-18-12-4-6-13(7-5-12)19(2)10-11-3-8-14(16)15(17)9-11/h3,8-9,12-13,18H,4-7,10H2,1-2H3. The van der Waals surface area contributed by atoms with Crippen LogP contribution in [0.1, 0.15) is 31.2 Å². The summed E-state index contributed by atoms with van der Waals surface area (Å²) in [6.07, 6.45) is 5.21. The van der Waals surface area contributed by atoms with Crippen molar-refractivity contribution in [1.82, 2.24) is 10.2 Å². The monoisotopic (exact) mass is 388 g/mol. The van der Waals surface area contributed by atoms with Crippen LogP contribution in [0.15, 0.2) is 27.1 Å². The average molecular weight is 390 g/mol. The van der Waals surface area contributed by atoms with E-state index in [1.807, 2.05) is 0 Å². The molecule has 106 valence electrons. The fourth-order valence-electron chi connectivity index (χ4n) is 2.86. The molecule has 2 rings (SSSR count). The minimum atomic E-state index is 0.728. The third-order valence-corrected chi connectivity index (χ3v) is 6.02. The second kappa shape index (κ2) is 7.21. The SMILES string of the molecule is CNC1CCC(N(C)Cc2ccc(Br)c(Br)c2)CC1. The summed E-state index contributed by atoms with van der Waals surface area (Å²) in [6.45, 7) is 1.03. The number of rotatable bonds is 4. The van der Waals surface area contributed by atoms with Crippen molar-refractivity contribution in [3.8, 4) is 0 Å². The molecule has 0 saturated heterocycles. The van der Waals surface area contributed by atoms with Gasteiger partial charge in [-0.3, -0.25) is 4.90 Å². The summed E-state index contributed by atoms with van der Waals surface area (Å²) < 4.78 is 2.26. The minimum Gasteiger partial charge on any atom is -0.317 e. The Hall–Kier alpha value is 0.1000. The first-order valence-corrected chi connectivity index (χ1v) is 8.50. The van der Waals surface area contributed by atoms with Crippen molar-refractivity contribution in [2.75, 3.05) is 14.1 Å². The average Bonchev–Trinajstić information content (AvgIpc) is 2.43. The van der Waals surface area contributed by atoms with E-state index in [-0.39, 0.29) is 0 Å². The molecule has 0 aliphatic heterocycles. The molecule has 0 radical (unpaired) electrons. The van der Waals surface area contributed by atoms with Crippen LogP contribution in [0.25, 0.3) is 0 Å². The molecule has 0 atom stereocenters. The predicted octanol–water partition coefficient (Wildman–Crippen LogP) is 4.17. The van der Waals surface area contributed by atoms with Gasteiger partial charge in [0.15, 0.2) is 0 Å². The Morgan fingerprint density at radius 3 is 2.42 bits per heavy atom. The maximum absolute atomic E-state index is 3.58. The van der Waals surface area contributed by atoms with E-state index in [9.17, 15) is 0 Å². The summed E-state index contributed by atoms with van der Waals surface area (Å²) >= 11 is 7.09. The van der Waals surface area contributed by atoms with Gasteiger partial charge in [0.05, 0.1) is 0 Å². The number of nitrogens with one attached hydrogen (secondary N) is 1. The van der Waals surface area contributed by atoms with E-state index in [1.165, 1.54) is 31.2 Å². The van der Waals surface area contributed by atoms with E-state index in [2.05, 4.69) is 74.4 Å². The highest BCUT2D eigenvalue weighted by atomic mass is 79.9. The molecule has 1 aromatic rings. The van der Waals surface area contributed by atoms with Gasteiger partial charge in [-0.05, 0) is 89.3 Å². The van der Waals surface area contributed by atoms with Crippen LogP contribution in [0, 0.1) is 0 Å². The molecule has 0 spiro atoms. The molecule has 4 heteroatoms. The lowest BCUT2D eigenvalue weighted by atomic mass is 9.90. The number of hydrogen-bond donors (Lipinski definition) is 1. The molecule has 0 aromatic heterocycles. The molecule has 1 fully saturated rings. The van der Waals surface area contributed by atoms with Gasteiger partial charge in [-0.1, -0.05) is 6.07 Å². The van der Waals surface area contributed by atoms with E-state index in [0.29, 0.717) is 0 Å². The largest absolute Gasteiger partial charge is 0.317 e. The van der Waals surface area contributed by atoms with Gasteiger partial charge in [-0.25, -0.2) is 0 Å². The van der Waals surface area contributed by atoms with Crippen molar-refractivity contribution in [2.24, 2.45) is 0 Å². The predicted molar refractivity (Wildman–Crippen MR) is 88.4 cm³/mol. The first-order chi connectivity index (χ1) is 9.10. The van der Waals surface area contributed by atoms with Crippen molar-refractivity contribution in [3.05, 3.63) is 32.7 Å². The molecule has 1 aromatic carbocycles. The zero-order chi connectivity index (χ0) is 13.8. The first kappa shape index (κ1) is 15.5. The first-order valence-electron chi connectivity index (χ1n) is 6.91. The molecule has 1 aliphatic carbocycles. The fraction of sp³-hybridized carbons (Fsp3) is 0.600. The Kier molecular flexibility index (Phi) is 5.87. The van der Waals surface area contributed by atoms with Gasteiger partial charge in [0.2, 0.25) is 0 Å². The highest BCUT2D eigenvalue weighted by Crippen LogP contribution is 2.26. The Morgan fingerprint density at radius 2 is 1.84 bits per heavy atom. The number of nitrogens with zero attached hydrogens (tertiary/aromatic N) is 1. The van der Waals surface area contributed by atoms with Crippen LogP contribution in [-0.4, -0.2) is 31.1 Å². The third-order valence-electron chi connectivity index (χ3n) is 4.14. The van der Waals surface area contributed by atoms with Gasteiger partial charge in [0.1, 0.15) is 0 Å². The molecule has 0 unspecified atom stereocenters. The summed E-state index contributed by atoms with van der Waals surface area (Å²) in [6, 6.07) is 7.98. The maximum atomic E-state index is 3.58. The summed E-state index contributed by atoms with van der Waals surface area (Å²) in [4.78, 5) is 2.50. The molecule has 2 nitrogen and oxygen atoms in total. The summed E-state index contributed by atoms with van der Waals surface area (Å²) in [5.74, 6) is 0. The van der Waals surface area contributed by atoms with Gasteiger partial charge in [0.25, 0.3) is 0 Å². The lowest BCUT2D eigenvalue weighted by molar-refractivity contribution is 0.170. The minimum absolute atomic E-state index is 0.728. The topological polar surface area (TPSA) is 15.3 Å². The van der Waals surface area contributed by atoms with Gasteiger partial charge >= 0.3 is 0 Å². The Morgan fingerprint density at radius 1 is 1.16 bits per heavy atom. The number of hydrogen-bond acceptors (Lipinski definition) is 2. The summed E-state index contributed by atoms with van der Waals surface area (Å²) in [5.41, 5.74) is 1.37. The molecule has 0 heterocycles. The molecule has 1 N–H and O–H groups in total. The van der Waals surface area contributed by atoms with Crippen LogP contribution in [0.2, 0.25) is 0 Å². The van der Waals surface area contributed by atoms with Crippen LogP contribution in [-0.2, 0) is 6.54 Å². The van der Waals surface area contributed by atoms with Crippen LogP contribution in [0.4, 0.5) is 0 Å². The highest BCUT2D eigenvalue weighted by molar-refractivity contribution is 9.13. The van der Waals surface area contributed by atoms with E-state index in [0.717, 1.165) is 27.6 Å². The van der Waals surface area contributed by atoms with Crippen LogP contribution < -0.4 is 5.32 Å². The van der Waals surface area contributed by atoms with Crippen LogP contribution >= 0.6 is 31.9 Å². The van der Waals surface area contributed by atoms with Gasteiger partial charge in [-0.2, -0.15) is 0 Å². The Labute approximate surface area is 133 Å². The van der Waals surface area contributed by atoms with Gasteiger partial charge < -0.3 is 5.32 Å². The summed E-state index contributed by atoms with van der Waals surface area (Å²) in [5, 5.41) is 3.40. The highest BCUT2D eigenvalue weighted by Gasteiger charge is 2.22. The van der Waals surface area contributed by atoms with Gasteiger partial charge in [0, 0.05) is 27.6 Å². The van der Waals surface area contributed by atoms with Crippen molar-refractivity contribution in [2.45, 2.75) is 44.3 Å². The normalized spacial score (nSPS) is 23.8. The molecule has 1 saturated carbocycles. The van der Waals surface area contributed by atoms with Crippen molar-refractivity contribution < 1.29 is 0 Å². The van der Waals surface area contributed by atoms with E-state index in [1.54, 1.807) is 0 Å². The van der Waals surface area contributed by atoms with E-state index in [4.69, 9.17) is 0 Å². The zero-order valence-electron chi connectivity index (χ0n) is 11.6. The zero-order valence-corrected chi connectivity index (χ0v) is 14.8. The molecular weight excluding hydrogens is 368 g/mol. The second-order valence-corrected chi connectivity index (χ2v) is 7.17. The van der Waals surface area contributed by atoms with Crippen molar-refractivity contribution in [1.29, 1.82) is 0 Å². The quantitative estimate of drug-likeness (QED) is 0.830. The van der Waals surface area contributed by atoms with Crippen LogP contribution in [0.3, 0.4) is 0 Å². The Balaban J connectivity index is 1.90. The van der Waals surface area contributed by atoms with E-state index < -0.39 is 0 Å². The third kappa shape index (κ3) is 4.28. The second-order valence-electron chi connectivity index (χ2n) is 5.46. The van der Waals surface area contributed by atoms with Crippen LogP contribution in [0.5, 0.6) is 0 Å². The fourth-order valence-corrected chi connectivity index (χ4v) is 3.53. The molecule has 0 amide bonds. The lowest BCUT2D eigenvalue weighted by Gasteiger charge is -2.34. The Bertz CT molecular complexity index is 415. The molecule has 19 heavy (non-hydrogen) atoms. The van der Waals surface area contributed by atoms with Crippen molar-refractivity contribution in [3.63, 3.8) is 0 Å². The number of halogens is 2. The maximum Gasteiger partial charge on any atom is 0.0320 e. The molecule has 0 bridgehead atoms. The van der Waals surface area contributed by atoms with Gasteiger partial charge in [-0.15, -0.1) is 0 Å². The molecular formula is C15H22Br2N2. The van der Waals surface area contributed by atoms with E-state index >= 15 is 0 Å². The van der Waals surface area contributed by atoms with Crippen molar-refractivity contribution >= 4 is 31.9 Å². The smallest absolute Gasteiger partial charge is 0.0320 e. The number of benzene rings is 1.